The molecule has 0 saturated carbocycles. The van der Waals surface area contributed by atoms with E-state index in [2.05, 4.69) is 32.4 Å². The number of carbonyl (C=O) groups is 1. The molecule has 1 aliphatic carbocycles. The van der Waals surface area contributed by atoms with Crippen molar-refractivity contribution in [3.8, 4) is 12.0 Å². The number of carbonyl (C=O) groups excluding carboxylic acids is 1. The molecule has 9 heteroatoms. The normalized spacial score (nSPS) is 19.6. The molecule has 2 N–H and O–H groups in total. The molecule has 2 aliphatic rings. The number of aromatic nitrogens is 1. The highest BCUT2D eigenvalue weighted by molar-refractivity contribution is 5.77. The van der Waals surface area contributed by atoms with Gasteiger partial charge >= 0.3 is 12.4 Å². The van der Waals surface area contributed by atoms with E-state index >= 15 is 0 Å². The van der Waals surface area contributed by atoms with E-state index < -0.39 is 12.4 Å². The van der Waals surface area contributed by atoms with Gasteiger partial charge in [0.05, 0.1) is 12.6 Å². The first-order valence-electron chi connectivity index (χ1n) is 7.32. The van der Waals surface area contributed by atoms with Crippen LogP contribution in [-0.2, 0) is 4.74 Å². The number of hydrazine groups is 1. The molecule has 1 aliphatic heterocycles. The van der Waals surface area contributed by atoms with Crippen molar-refractivity contribution in [2.24, 2.45) is 0 Å². The Hall–Kier alpha value is -3.15. The van der Waals surface area contributed by atoms with Crippen molar-refractivity contribution in [3.63, 3.8) is 0 Å². The molecule has 6 nitrogen and oxygen atoms in total. The van der Waals surface area contributed by atoms with E-state index in [0.29, 0.717) is 11.1 Å². The van der Waals surface area contributed by atoms with Gasteiger partial charge in [-0.25, -0.2) is 9.80 Å². The van der Waals surface area contributed by atoms with Gasteiger partial charge in [-0.3, -0.25) is 10.4 Å². The average molecular weight is 350 g/mol. The zero-order chi connectivity index (χ0) is 17.9. The number of allylic oxidation sites excluding steroid dienone is 1. The molecular weight excluding hydrogens is 337 g/mol. The van der Waals surface area contributed by atoms with Crippen LogP contribution in [0.5, 0.6) is 0 Å². The lowest BCUT2D eigenvalue weighted by Crippen LogP contribution is -2.57. The number of ether oxygens (including phenoxy) is 1. The van der Waals surface area contributed by atoms with Gasteiger partial charge in [-0.1, -0.05) is 0 Å². The van der Waals surface area contributed by atoms with Crippen LogP contribution in [0.4, 0.5) is 18.0 Å². The van der Waals surface area contributed by atoms with Gasteiger partial charge in [0, 0.05) is 24.0 Å². The van der Waals surface area contributed by atoms with Gasteiger partial charge in [0.2, 0.25) is 0 Å². The molecular formula is C16H13F3N4O2. The Morgan fingerprint density at radius 2 is 2.28 bits per heavy atom. The number of urea groups is 1. The van der Waals surface area contributed by atoms with E-state index in [-0.39, 0.29) is 24.8 Å². The number of nitrogens with one attached hydrogen (secondary N) is 2. The molecule has 1 saturated heterocycles. The van der Waals surface area contributed by atoms with Crippen LogP contribution in [0.25, 0.3) is 0 Å². The quantitative estimate of drug-likeness (QED) is 0.633. The molecule has 1 atom stereocenters. The minimum atomic E-state index is -4.75. The maximum atomic E-state index is 12.3. The van der Waals surface area contributed by atoms with Crippen molar-refractivity contribution in [1.82, 2.24) is 20.7 Å². The molecule has 0 bridgehead atoms. The summed E-state index contributed by atoms with van der Waals surface area (Å²) >= 11 is 0. The minimum Gasteiger partial charge on any atom is -0.406 e. The van der Waals surface area contributed by atoms with Crippen LogP contribution in [-0.4, -0.2) is 35.0 Å². The average Bonchev–Trinajstić information content (AvgIpc) is 2.55. The summed E-state index contributed by atoms with van der Waals surface area (Å²) < 4.78 is 40.9. The molecule has 1 unspecified atom stereocenters. The molecule has 2 amide bonds. The predicted molar refractivity (Wildman–Crippen MR) is 81.2 cm³/mol. The Bertz CT molecular complexity index is 778. The first kappa shape index (κ1) is 16.7. The van der Waals surface area contributed by atoms with Crippen LogP contribution in [0.1, 0.15) is 12.0 Å². The standard InChI is InChI=1S/C16H13F3N4O2/c17-16(18,19)25-13-3-4-14-12(8-13)10-23(15(24)22-14)21-7-5-11-2-1-6-20-9-11/h1-3,6,8-9,14,21H,4,10H2,(H,22,24). The number of rotatable bonds is 2. The van der Waals surface area contributed by atoms with E-state index in [1.54, 1.807) is 24.5 Å². The smallest absolute Gasteiger partial charge is 0.406 e. The number of amides is 2. The van der Waals surface area contributed by atoms with E-state index in [1.807, 2.05) is 0 Å². The van der Waals surface area contributed by atoms with Gasteiger partial charge in [-0.2, -0.15) is 0 Å². The van der Waals surface area contributed by atoms with Crippen LogP contribution in [0.3, 0.4) is 0 Å². The Morgan fingerprint density at radius 1 is 1.44 bits per heavy atom. The van der Waals surface area contributed by atoms with Crippen molar-refractivity contribution < 1.29 is 22.7 Å². The molecule has 1 aromatic rings. The summed E-state index contributed by atoms with van der Waals surface area (Å²) in [5.74, 6) is 2.49. The number of hydrogen-bond acceptors (Lipinski definition) is 4. The third-order valence-electron chi connectivity index (χ3n) is 3.51. The first-order valence-corrected chi connectivity index (χ1v) is 7.32. The maximum absolute atomic E-state index is 12.3. The molecule has 2 heterocycles. The fraction of sp³-hybridized carbons (Fsp3) is 0.250. The summed E-state index contributed by atoms with van der Waals surface area (Å²) in [5.41, 5.74) is 3.88. The summed E-state index contributed by atoms with van der Waals surface area (Å²) in [5, 5.41) is 3.88. The van der Waals surface area contributed by atoms with Gasteiger partial charge < -0.3 is 10.1 Å². The van der Waals surface area contributed by atoms with E-state index in [0.717, 1.165) is 0 Å². The molecule has 0 aromatic carbocycles. The molecule has 1 fully saturated rings. The second kappa shape index (κ2) is 6.76. The summed E-state index contributed by atoms with van der Waals surface area (Å²) in [4.78, 5) is 15.9. The number of alkyl halides is 3. The highest BCUT2D eigenvalue weighted by atomic mass is 19.4. The summed E-state index contributed by atoms with van der Waals surface area (Å²) in [6.45, 7) is 0.0940. The second-order valence-corrected chi connectivity index (χ2v) is 5.30. The van der Waals surface area contributed by atoms with Crippen molar-refractivity contribution >= 4 is 6.03 Å². The minimum absolute atomic E-state index is 0.0940. The zero-order valence-corrected chi connectivity index (χ0v) is 12.8. The van der Waals surface area contributed by atoms with Gasteiger partial charge in [-0.15, -0.1) is 13.2 Å². The zero-order valence-electron chi connectivity index (χ0n) is 12.8. The van der Waals surface area contributed by atoms with Crippen LogP contribution < -0.4 is 10.7 Å². The second-order valence-electron chi connectivity index (χ2n) is 5.30. The summed E-state index contributed by atoms with van der Waals surface area (Å²) in [6, 6.07) is 5.34. The fourth-order valence-electron chi connectivity index (χ4n) is 2.42. The summed E-state index contributed by atoms with van der Waals surface area (Å²) in [7, 11) is 0. The highest BCUT2D eigenvalue weighted by Gasteiger charge is 2.35. The number of fused-ring (bicyclic) bond motifs is 1. The lowest BCUT2D eigenvalue weighted by molar-refractivity contribution is -0.303. The number of hydrogen-bond donors (Lipinski definition) is 2. The SMILES string of the molecule is O=C1NC2CC=C(OC(F)(F)F)C=C2CN1NC#Cc1cccnc1. The molecule has 130 valence electrons. The van der Waals surface area contributed by atoms with Crippen LogP contribution in [0.15, 0.2) is 48.0 Å². The van der Waals surface area contributed by atoms with Gasteiger partial charge in [0.1, 0.15) is 5.76 Å². The lowest BCUT2D eigenvalue weighted by Gasteiger charge is -2.35. The van der Waals surface area contributed by atoms with Crippen molar-refractivity contribution in [2.45, 2.75) is 18.8 Å². The Kier molecular flexibility index (Phi) is 4.52. The number of nitrogens with zero attached hydrogens (tertiary/aromatic N) is 2. The topological polar surface area (TPSA) is 66.5 Å². The fourth-order valence-corrected chi connectivity index (χ4v) is 2.42. The van der Waals surface area contributed by atoms with Crippen molar-refractivity contribution in [2.75, 3.05) is 6.54 Å². The lowest BCUT2D eigenvalue weighted by atomic mass is 9.96. The van der Waals surface area contributed by atoms with Crippen LogP contribution in [0, 0.1) is 12.0 Å². The van der Waals surface area contributed by atoms with Crippen molar-refractivity contribution in [3.05, 3.63) is 53.6 Å². The third kappa shape index (κ3) is 4.44. The third-order valence-corrected chi connectivity index (χ3v) is 3.51. The molecule has 25 heavy (non-hydrogen) atoms. The molecule has 0 radical (unpaired) electrons. The van der Waals surface area contributed by atoms with Crippen LogP contribution >= 0.6 is 0 Å². The predicted octanol–water partition coefficient (Wildman–Crippen LogP) is 2.04. The van der Waals surface area contributed by atoms with Gasteiger partial charge in [0.15, 0.2) is 0 Å². The molecule has 3 rings (SSSR count). The Balaban J connectivity index is 1.66. The van der Waals surface area contributed by atoms with Crippen LogP contribution in [0.2, 0.25) is 0 Å². The van der Waals surface area contributed by atoms with Gasteiger partial charge in [0.25, 0.3) is 0 Å². The largest absolute Gasteiger partial charge is 0.573 e. The Labute approximate surface area is 141 Å². The molecule has 0 spiro atoms. The number of pyridine rings is 1. The Morgan fingerprint density at radius 3 is 3.00 bits per heavy atom. The maximum Gasteiger partial charge on any atom is 0.573 e. The van der Waals surface area contributed by atoms with Crippen molar-refractivity contribution in [1.29, 1.82) is 0 Å². The summed E-state index contributed by atoms with van der Waals surface area (Å²) in [6.07, 6.45) is 1.24. The number of halogens is 3. The first-order chi connectivity index (χ1) is 11.9. The van der Waals surface area contributed by atoms with E-state index in [4.69, 9.17) is 0 Å². The van der Waals surface area contributed by atoms with Gasteiger partial charge in [-0.05, 0) is 42.2 Å². The van der Waals surface area contributed by atoms with E-state index in [9.17, 15) is 18.0 Å². The monoisotopic (exact) mass is 350 g/mol. The molecule has 1 aromatic heterocycles. The highest BCUT2D eigenvalue weighted by Crippen LogP contribution is 2.27. The van der Waals surface area contributed by atoms with E-state index in [1.165, 1.54) is 17.2 Å².